The lowest BCUT2D eigenvalue weighted by Crippen LogP contribution is -2.48. The summed E-state index contributed by atoms with van der Waals surface area (Å²) in [7, 11) is 0. The number of para-hydroxylation sites is 2. The van der Waals surface area contributed by atoms with Crippen LogP contribution in [0.2, 0.25) is 0 Å². The van der Waals surface area contributed by atoms with Crippen molar-refractivity contribution in [2.45, 2.75) is 13.8 Å². The van der Waals surface area contributed by atoms with Crippen LogP contribution in [0.4, 0.5) is 11.4 Å². The summed E-state index contributed by atoms with van der Waals surface area (Å²) in [5.41, 5.74) is 5.25. The summed E-state index contributed by atoms with van der Waals surface area (Å²) in [6.07, 6.45) is 0. The molecule has 0 radical (unpaired) electrons. The minimum absolute atomic E-state index is 0.0105. The number of piperazine rings is 1. The fraction of sp³-hybridized carbons (Fsp3) is 0.286. The van der Waals surface area contributed by atoms with Crippen LogP contribution in [0.5, 0.6) is 5.75 Å². The fourth-order valence-electron chi connectivity index (χ4n) is 4.40. The summed E-state index contributed by atoms with van der Waals surface area (Å²) in [6.45, 7) is 8.55. The van der Waals surface area contributed by atoms with E-state index in [-0.39, 0.29) is 5.91 Å². The first-order valence-electron chi connectivity index (χ1n) is 12.1. The minimum atomic E-state index is 0.0105. The number of carbonyl (C=O) groups excluding carboxylic acids is 1. The molecule has 0 saturated carbocycles. The van der Waals surface area contributed by atoms with Crippen molar-refractivity contribution < 1.29 is 9.53 Å². The first kappa shape index (κ1) is 23.3. The molecule has 0 spiro atoms. The molecule has 4 aromatic rings. The zero-order valence-corrected chi connectivity index (χ0v) is 21.0. The second-order valence-corrected chi connectivity index (χ2v) is 9.81. The van der Waals surface area contributed by atoms with E-state index in [1.807, 2.05) is 49.4 Å². The number of ether oxygens (including phenoxy) is 1. The van der Waals surface area contributed by atoms with Gasteiger partial charge in [0.25, 0.3) is 0 Å². The largest absolute Gasteiger partial charge is 0.492 e. The quantitative estimate of drug-likeness (QED) is 0.377. The molecule has 1 aliphatic rings. The Morgan fingerprint density at radius 2 is 1.80 bits per heavy atom. The molecule has 7 heteroatoms. The average Bonchev–Trinajstić information content (AvgIpc) is 3.29. The molecule has 0 bridgehead atoms. The zero-order chi connectivity index (χ0) is 24.2. The second-order valence-electron chi connectivity index (χ2n) is 8.78. The van der Waals surface area contributed by atoms with Crippen molar-refractivity contribution in [2.24, 2.45) is 0 Å². The van der Waals surface area contributed by atoms with Crippen LogP contribution in [-0.2, 0) is 4.79 Å². The number of amides is 1. The van der Waals surface area contributed by atoms with Crippen LogP contribution < -0.4 is 15.0 Å². The normalized spacial score (nSPS) is 14.3. The van der Waals surface area contributed by atoms with Crippen molar-refractivity contribution in [2.75, 3.05) is 49.5 Å². The number of aryl methyl sites for hydroxylation is 1. The van der Waals surface area contributed by atoms with Gasteiger partial charge in [0.2, 0.25) is 5.91 Å². The highest BCUT2D eigenvalue weighted by Crippen LogP contribution is 2.31. The summed E-state index contributed by atoms with van der Waals surface area (Å²) in [5.74, 6) is 0.932. The molecule has 0 aliphatic carbocycles. The number of nitrogens with zero attached hydrogens (tertiary/aromatic N) is 3. The lowest BCUT2D eigenvalue weighted by molar-refractivity contribution is -0.117. The second kappa shape index (κ2) is 10.5. The van der Waals surface area contributed by atoms with E-state index in [0.717, 1.165) is 59.4 Å². The van der Waals surface area contributed by atoms with Crippen molar-refractivity contribution in [3.05, 3.63) is 72.3 Å². The van der Waals surface area contributed by atoms with Gasteiger partial charge in [0, 0.05) is 37.4 Å². The lowest BCUT2D eigenvalue weighted by Gasteiger charge is -2.36. The number of benzene rings is 3. The molecule has 1 fully saturated rings. The van der Waals surface area contributed by atoms with Gasteiger partial charge in [-0.05, 0) is 67.9 Å². The van der Waals surface area contributed by atoms with E-state index in [1.54, 1.807) is 11.3 Å². The highest BCUT2D eigenvalue weighted by Gasteiger charge is 2.21. The first-order valence-corrected chi connectivity index (χ1v) is 12.9. The monoisotopic (exact) mass is 486 g/mol. The minimum Gasteiger partial charge on any atom is -0.492 e. The zero-order valence-electron chi connectivity index (χ0n) is 20.2. The SMILES string of the molecule is CCOc1ccccc1N1CCN(CC(=O)Nc2ccc(-c3nc4ccc(C)cc4s3)cc2)CC1. The topological polar surface area (TPSA) is 57.7 Å². The van der Waals surface area contributed by atoms with E-state index in [0.29, 0.717) is 13.2 Å². The van der Waals surface area contributed by atoms with Crippen LogP contribution in [0, 0.1) is 6.92 Å². The van der Waals surface area contributed by atoms with Crippen LogP contribution in [0.25, 0.3) is 20.8 Å². The van der Waals surface area contributed by atoms with Gasteiger partial charge in [-0.25, -0.2) is 4.98 Å². The molecular weight excluding hydrogens is 456 g/mol. The van der Waals surface area contributed by atoms with E-state index >= 15 is 0 Å². The summed E-state index contributed by atoms with van der Waals surface area (Å²) in [6, 6.07) is 22.4. The molecule has 1 N–H and O–H groups in total. The van der Waals surface area contributed by atoms with Crippen molar-refractivity contribution >= 4 is 38.8 Å². The average molecular weight is 487 g/mol. The Kier molecular flexibility index (Phi) is 6.97. The van der Waals surface area contributed by atoms with Crippen LogP contribution in [0.15, 0.2) is 66.7 Å². The van der Waals surface area contributed by atoms with E-state index in [1.165, 1.54) is 10.3 Å². The number of hydrogen-bond donors (Lipinski definition) is 1. The molecule has 1 saturated heterocycles. The third kappa shape index (κ3) is 5.47. The summed E-state index contributed by atoms with van der Waals surface area (Å²) in [5, 5.41) is 4.03. The molecule has 1 aliphatic heterocycles. The van der Waals surface area contributed by atoms with Crippen molar-refractivity contribution in [1.82, 2.24) is 9.88 Å². The molecule has 0 atom stereocenters. The van der Waals surface area contributed by atoms with E-state index in [2.05, 4.69) is 46.3 Å². The number of hydrogen-bond acceptors (Lipinski definition) is 6. The Morgan fingerprint density at radius 3 is 2.57 bits per heavy atom. The van der Waals surface area contributed by atoms with Gasteiger partial charge in [-0.3, -0.25) is 9.69 Å². The number of rotatable bonds is 7. The Morgan fingerprint density at radius 1 is 1.03 bits per heavy atom. The van der Waals surface area contributed by atoms with Gasteiger partial charge in [-0.1, -0.05) is 18.2 Å². The van der Waals surface area contributed by atoms with Gasteiger partial charge in [-0.2, -0.15) is 0 Å². The van der Waals surface area contributed by atoms with Gasteiger partial charge in [0.15, 0.2) is 0 Å². The highest BCUT2D eigenvalue weighted by molar-refractivity contribution is 7.21. The molecular formula is C28H30N4O2S. The van der Waals surface area contributed by atoms with Crippen LogP contribution >= 0.6 is 11.3 Å². The summed E-state index contributed by atoms with van der Waals surface area (Å²) in [4.78, 5) is 22.0. The predicted octanol–water partition coefficient (Wildman–Crippen LogP) is 5.43. The molecule has 180 valence electrons. The van der Waals surface area contributed by atoms with Crippen molar-refractivity contribution in [3.8, 4) is 16.3 Å². The number of nitrogens with one attached hydrogen (secondary N) is 1. The van der Waals surface area contributed by atoms with Gasteiger partial charge in [-0.15, -0.1) is 11.3 Å². The Bertz CT molecular complexity index is 1310. The molecule has 5 rings (SSSR count). The van der Waals surface area contributed by atoms with Gasteiger partial charge in [0.1, 0.15) is 10.8 Å². The van der Waals surface area contributed by atoms with Crippen LogP contribution in [-0.4, -0.2) is 55.1 Å². The van der Waals surface area contributed by atoms with Crippen LogP contribution in [0.3, 0.4) is 0 Å². The summed E-state index contributed by atoms with van der Waals surface area (Å²) >= 11 is 1.69. The lowest BCUT2D eigenvalue weighted by atomic mass is 10.2. The van der Waals surface area contributed by atoms with Gasteiger partial charge in [0.05, 0.1) is 29.1 Å². The number of fused-ring (bicyclic) bond motifs is 1. The number of anilines is 2. The molecule has 1 amide bonds. The first-order chi connectivity index (χ1) is 17.1. The molecule has 0 unspecified atom stereocenters. The predicted molar refractivity (Wildman–Crippen MR) is 145 cm³/mol. The Hall–Kier alpha value is -3.42. The van der Waals surface area contributed by atoms with E-state index < -0.39 is 0 Å². The smallest absolute Gasteiger partial charge is 0.238 e. The maximum absolute atomic E-state index is 12.7. The van der Waals surface area contributed by atoms with Crippen molar-refractivity contribution in [3.63, 3.8) is 0 Å². The van der Waals surface area contributed by atoms with E-state index in [9.17, 15) is 4.79 Å². The Labute approximate surface area is 210 Å². The summed E-state index contributed by atoms with van der Waals surface area (Å²) < 4.78 is 6.98. The molecule has 2 heterocycles. The third-order valence-corrected chi connectivity index (χ3v) is 7.27. The molecule has 35 heavy (non-hydrogen) atoms. The number of thiazole rings is 1. The molecule has 1 aromatic heterocycles. The Balaban J connectivity index is 1.14. The van der Waals surface area contributed by atoms with Gasteiger partial charge >= 0.3 is 0 Å². The van der Waals surface area contributed by atoms with E-state index in [4.69, 9.17) is 9.72 Å². The number of carbonyl (C=O) groups is 1. The highest BCUT2D eigenvalue weighted by atomic mass is 32.1. The third-order valence-electron chi connectivity index (χ3n) is 6.20. The maximum Gasteiger partial charge on any atom is 0.238 e. The molecule has 6 nitrogen and oxygen atoms in total. The number of aromatic nitrogens is 1. The molecule has 3 aromatic carbocycles. The van der Waals surface area contributed by atoms with Crippen molar-refractivity contribution in [1.29, 1.82) is 0 Å². The van der Waals surface area contributed by atoms with Gasteiger partial charge < -0.3 is 15.0 Å². The fourth-order valence-corrected chi connectivity index (χ4v) is 5.47. The van der Waals surface area contributed by atoms with Crippen LogP contribution in [0.1, 0.15) is 12.5 Å². The standard InChI is InChI=1S/C28H30N4O2S/c1-3-34-25-7-5-4-6-24(25)32-16-14-31(15-17-32)19-27(33)29-22-11-9-21(10-12-22)28-30-23-13-8-20(2)18-26(23)35-28/h4-13,18H,3,14-17,19H2,1-2H3,(H,29,33). The maximum atomic E-state index is 12.7.